The summed E-state index contributed by atoms with van der Waals surface area (Å²) in [4.78, 5) is 21.6. The van der Waals surface area contributed by atoms with E-state index in [0.717, 1.165) is 11.8 Å². The Morgan fingerprint density at radius 2 is 1.93 bits per heavy atom. The van der Waals surface area contributed by atoms with Crippen LogP contribution in [0.5, 0.6) is 0 Å². The number of carbonyl (C=O) groups is 1. The Balaban J connectivity index is 1.77. The van der Waals surface area contributed by atoms with Crippen molar-refractivity contribution in [1.82, 2.24) is 14.0 Å². The zero-order valence-corrected chi connectivity index (χ0v) is 17.6. The Morgan fingerprint density at radius 1 is 1.17 bits per heavy atom. The Bertz CT molecular complexity index is 1400. The maximum Gasteiger partial charge on any atom is 0.300 e. The van der Waals surface area contributed by atoms with E-state index in [0.29, 0.717) is 21.9 Å². The largest absolute Gasteiger partial charge is 0.319 e. The van der Waals surface area contributed by atoms with Crippen LogP contribution in [-0.2, 0) is 16.4 Å². The molecule has 0 unspecified atom stereocenters. The lowest BCUT2D eigenvalue weighted by molar-refractivity contribution is 0.0995. The fraction of sp³-hybridized carbons (Fsp3) is 0.105. The number of sulfone groups is 1. The molecule has 0 fully saturated rings. The van der Waals surface area contributed by atoms with E-state index >= 15 is 0 Å². The lowest BCUT2D eigenvalue weighted by Gasteiger charge is -2.05. The topological polar surface area (TPSA) is 85.8 Å². The predicted molar refractivity (Wildman–Crippen MR) is 111 cm³/mol. The number of halogens is 1. The molecule has 0 bridgehead atoms. The SMILES string of the molecule is CS(=O)(=O)c1nc(C(=O)N=c2sccn2Cc2ccccc2Cl)c2ccccn12. The quantitative estimate of drug-likeness (QED) is 0.482. The van der Waals surface area contributed by atoms with E-state index in [1.54, 1.807) is 35.0 Å². The molecule has 10 heteroatoms. The van der Waals surface area contributed by atoms with Crippen LogP contribution in [0.4, 0.5) is 0 Å². The highest BCUT2D eigenvalue weighted by atomic mass is 35.5. The smallest absolute Gasteiger partial charge is 0.300 e. The molecule has 0 atom stereocenters. The molecular formula is C19H15ClN4O3S2. The molecule has 4 rings (SSSR count). The van der Waals surface area contributed by atoms with Crippen molar-refractivity contribution in [3.05, 3.63) is 81.3 Å². The van der Waals surface area contributed by atoms with Gasteiger partial charge in [0.2, 0.25) is 15.0 Å². The van der Waals surface area contributed by atoms with Crippen molar-refractivity contribution in [2.24, 2.45) is 4.99 Å². The first-order valence-corrected chi connectivity index (χ1v) is 11.6. The molecular weight excluding hydrogens is 432 g/mol. The average molecular weight is 447 g/mol. The van der Waals surface area contributed by atoms with Gasteiger partial charge in [-0.1, -0.05) is 35.9 Å². The summed E-state index contributed by atoms with van der Waals surface area (Å²) in [6, 6.07) is 12.5. The zero-order valence-electron chi connectivity index (χ0n) is 15.2. The van der Waals surface area contributed by atoms with Gasteiger partial charge < -0.3 is 4.57 Å². The summed E-state index contributed by atoms with van der Waals surface area (Å²) in [5, 5.41) is 2.25. The summed E-state index contributed by atoms with van der Waals surface area (Å²) in [5.41, 5.74) is 1.27. The van der Waals surface area contributed by atoms with E-state index in [-0.39, 0.29) is 10.9 Å². The molecule has 0 spiro atoms. The number of pyridine rings is 1. The van der Waals surface area contributed by atoms with E-state index in [4.69, 9.17) is 11.6 Å². The van der Waals surface area contributed by atoms with Crippen LogP contribution in [0.3, 0.4) is 0 Å². The lowest BCUT2D eigenvalue weighted by Crippen LogP contribution is -2.17. The molecule has 1 amide bonds. The number of thiazole rings is 1. The van der Waals surface area contributed by atoms with Gasteiger partial charge in [-0.15, -0.1) is 11.3 Å². The Morgan fingerprint density at radius 3 is 2.69 bits per heavy atom. The summed E-state index contributed by atoms with van der Waals surface area (Å²) >= 11 is 7.52. The monoisotopic (exact) mass is 446 g/mol. The highest BCUT2D eigenvalue weighted by Crippen LogP contribution is 2.18. The van der Waals surface area contributed by atoms with Crippen molar-refractivity contribution in [3.8, 4) is 0 Å². The number of nitrogens with zero attached hydrogens (tertiary/aromatic N) is 4. The molecule has 3 aromatic heterocycles. The van der Waals surface area contributed by atoms with Gasteiger partial charge in [0.15, 0.2) is 10.5 Å². The molecule has 0 radical (unpaired) electrons. The van der Waals surface area contributed by atoms with Crippen LogP contribution < -0.4 is 4.80 Å². The molecule has 3 heterocycles. The molecule has 29 heavy (non-hydrogen) atoms. The third kappa shape index (κ3) is 3.89. The first-order chi connectivity index (χ1) is 13.8. The Kier molecular flexibility index (Phi) is 5.12. The first kappa shape index (κ1) is 19.6. The average Bonchev–Trinajstić information content (AvgIpc) is 3.28. The molecule has 0 aliphatic carbocycles. The second-order valence-corrected chi connectivity index (χ2v) is 9.48. The number of hydrogen-bond donors (Lipinski definition) is 0. The Labute approximate surface area is 175 Å². The number of hydrogen-bond acceptors (Lipinski definition) is 5. The van der Waals surface area contributed by atoms with Crippen LogP contribution in [0.2, 0.25) is 5.02 Å². The third-order valence-electron chi connectivity index (χ3n) is 4.21. The molecule has 0 saturated heterocycles. The van der Waals surface area contributed by atoms with Crippen molar-refractivity contribution in [2.75, 3.05) is 6.26 Å². The third-order valence-corrected chi connectivity index (χ3v) is 6.32. The summed E-state index contributed by atoms with van der Waals surface area (Å²) in [5.74, 6) is -0.612. The molecule has 7 nitrogen and oxygen atoms in total. The predicted octanol–water partition coefficient (Wildman–Crippen LogP) is 3.04. The van der Waals surface area contributed by atoms with Gasteiger partial charge >= 0.3 is 5.91 Å². The number of carbonyl (C=O) groups excluding carboxylic acids is 1. The minimum atomic E-state index is -3.62. The summed E-state index contributed by atoms with van der Waals surface area (Å²) < 4.78 is 27.3. The second kappa shape index (κ2) is 7.58. The molecule has 4 aromatic rings. The first-order valence-electron chi connectivity index (χ1n) is 8.48. The van der Waals surface area contributed by atoms with E-state index in [2.05, 4.69) is 9.98 Å². The summed E-state index contributed by atoms with van der Waals surface area (Å²) in [6.07, 6.45) is 4.42. The fourth-order valence-corrected chi connectivity index (χ4v) is 4.58. The van der Waals surface area contributed by atoms with E-state index in [1.807, 2.05) is 29.8 Å². The van der Waals surface area contributed by atoms with Crippen molar-refractivity contribution < 1.29 is 13.2 Å². The van der Waals surface area contributed by atoms with Gasteiger partial charge in [0.05, 0.1) is 12.1 Å². The van der Waals surface area contributed by atoms with Crippen molar-refractivity contribution in [2.45, 2.75) is 11.7 Å². The number of imidazole rings is 1. The van der Waals surface area contributed by atoms with E-state index in [1.165, 1.54) is 15.7 Å². The standard InChI is InChI=1S/C19H15ClN4O3S2/c1-29(26,27)19-21-16(15-8-4-5-9-24(15)19)17(25)22-18-23(10-11-28-18)12-13-6-2-3-7-14(13)20/h2-11H,12H2,1H3. The summed E-state index contributed by atoms with van der Waals surface area (Å²) in [7, 11) is -3.62. The normalized spacial score (nSPS) is 12.6. The van der Waals surface area contributed by atoms with Crippen molar-refractivity contribution in [3.63, 3.8) is 0 Å². The minimum Gasteiger partial charge on any atom is -0.319 e. The maximum absolute atomic E-state index is 12.9. The summed E-state index contributed by atoms with van der Waals surface area (Å²) in [6.45, 7) is 0.452. The second-order valence-electron chi connectivity index (χ2n) is 6.29. The van der Waals surface area contributed by atoms with Gasteiger partial charge in [0.1, 0.15) is 0 Å². The van der Waals surface area contributed by atoms with Crippen molar-refractivity contribution in [1.29, 1.82) is 0 Å². The molecule has 0 aliphatic rings. The van der Waals surface area contributed by atoms with Crippen LogP contribution >= 0.6 is 22.9 Å². The molecule has 0 saturated carbocycles. The van der Waals surface area contributed by atoms with Crippen LogP contribution in [0.1, 0.15) is 16.1 Å². The molecule has 148 valence electrons. The molecule has 0 N–H and O–H groups in total. The lowest BCUT2D eigenvalue weighted by atomic mass is 10.2. The van der Waals surface area contributed by atoms with E-state index in [9.17, 15) is 13.2 Å². The van der Waals surface area contributed by atoms with Gasteiger partial charge in [0.25, 0.3) is 0 Å². The van der Waals surface area contributed by atoms with Gasteiger partial charge in [-0.05, 0) is 23.8 Å². The van der Waals surface area contributed by atoms with Crippen LogP contribution in [0, 0.1) is 0 Å². The number of fused-ring (bicyclic) bond motifs is 1. The number of benzene rings is 1. The number of rotatable bonds is 4. The zero-order chi connectivity index (χ0) is 20.6. The molecule has 0 aliphatic heterocycles. The number of aromatic nitrogens is 3. The fourth-order valence-electron chi connectivity index (χ4n) is 2.89. The van der Waals surface area contributed by atoms with Gasteiger partial charge in [-0.2, -0.15) is 4.99 Å². The Hall–Kier alpha value is -2.75. The minimum absolute atomic E-state index is 0.0104. The van der Waals surface area contributed by atoms with Crippen LogP contribution in [0.15, 0.2) is 70.4 Å². The van der Waals surface area contributed by atoms with Crippen LogP contribution in [0.25, 0.3) is 5.52 Å². The van der Waals surface area contributed by atoms with Crippen molar-refractivity contribution >= 4 is 44.2 Å². The maximum atomic E-state index is 12.9. The van der Waals surface area contributed by atoms with E-state index < -0.39 is 15.7 Å². The van der Waals surface area contributed by atoms with Gasteiger partial charge in [0, 0.05) is 29.1 Å². The van der Waals surface area contributed by atoms with Crippen LogP contribution in [-0.4, -0.2) is 34.5 Å². The van der Waals surface area contributed by atoms with Gasteiger partial charge in [-0.3, -0.25) is 9.20 Å². The number of amides is 1. The highest BCUT2D eigenvalue weighted by molar-refractivity contribution is 7.90. The van der Waals surface area contributed by atoms with Gasteiger partial charge in [-0.25, -0.2) is 13.4 Å². The molecule has 1 aromatic carbocycles. The highest BCUT2D eigenvalue weighted by Gasteiger charge is 2.22.